The van der Waals surface area contributed by atoms with Gasteiger partial charge in [0.25, 0.3) is 5.91 Å². The van der Waals surface area contributed by atoms with Crippen LogP contribution < -0.4 is 5.32 Å². The van der Waals surface area contributed by atoms with Gasteiger partial charge >= 0.3 is 0 Å². The number of nitrogens with zero attached hydrogens (tertiary/aromatic N) is 2. The zero-order valence-electron chi connectivity index (χ0n) is 16.8. The smallest absolute Gasteiger partial charge is 0.254 e. The summed E-state index contributed by atoms with van der Waals surface area (Å²) in [5.41, 5.74) is -0.221. The number of hydrogen-bond acceptors (Lipinski definition) is 3. The fourth-order valence-corrected chi connectivity index (χ4v) is 3.53. The molecule has 1 heterocycles. The molecule has 1 saturated heterocycles. The molecule has 0 saturated carbocycles. The Balaban J connectivity index is 1.68. The first-order valence-electron chi connectivity index (χ1n) is 10.1. The molecule has 1 aromatic carbocycles. The minimum atomic E-state index is -0.908. The Morgan fingerprint density at radius 1 is 1.25 bits per heavy atom. The predicted molar refractivity (Wildman–Crippen MR) is 105 cm³/mol. The summed E-state index contributed by atoms with van der Waals surface area (Å²) in [7, 11) is 2.15. The van der Waals surface area contributed by atoms with Crippen molar-refractivity contribution in [2.24, 2.45) is 5.92 Å². The first kappa shape index (κ1) is 22.3. The Morgan fingerprint density at radius 3 is 2.61 bits per heavy atom. The van der Waals surface area contributed by atoms with Gasteiger partial charge in [-0.2, -0.15) is 0 Å². The molecule has 1 fully saturated rings. The molecule has 0 bridgehead atoms. The third kappa shape index (κ3) is 6.86. The number of amides is 2. The number of benzene rings is 1. The second-order valence-corrected chi connectivity index (χ2v) is 7.57. The van der Waals surface area contributed by atoms with Crippen molar-refractivity contribution in [1.29, 1.82) is 0 Å². The van der Waals surface area contributed by atoms with E-state index >= 15 is 0 Å². The highest BCUT2D eigenvalue weighted by Crippen LogP contribution is 2.19. The van der Waals surface area contributed by atoms with Crippen molar-refractivity contribution in [1.82, 2.24) is 15.1 Å². The highest BCUT2D eigenvalue weighted by Gasteiger charge is 2.23. The molecule has 0 atom stereocenters. The van der Waals surface area contributed by atoms with Crippen LogP contribution in [0.4, 0.5) is 8.78 Å². The molecular weight excluding hydrogens is 364 g/mol. The lowest BCUT2D eigenvalue weighted by atomic mass is 9.96. The molecule has 0 aliphatic carbocycles. The second kappa shape index (κ2) is 11.1. The number of carbonyl (C=O) groups excluding carboxylic acids is 2. The van der Waals surface area contributed by atoms with E-state index in [1.54, 1.807) is 0 Å². The first-order chi connectivity index (χ1) is 13.4. The van der Waals surface area contributed by atoms with Gasteiger partial charge in [0, 0.05) is 38.7 Å². The van der Waals surface area contributed by atoms with Crippen molar-refractivity contribution < 1.29 is 18.4 Å². The number of halogens is 2. The van der Waals surface area contributed by atoms with Crippen molar-refractivity contribution in [2.75, 3.05) is 39.8 Å². The SMILES string of the molecule is CCCCN(C)CC1CCN(C(=O)CCNC(=O)c2ccc(F)cc2F)CC1. The van der Waals surface area contributed by atoms with E-state index in [1.807, 2.05) is 4.90 Å². The Bertz CT molecular complexity index is 661. The Labute approximate surface area is 166 Å². The minimum Gasteiger partial charge on any atom is -0.351 e. The number of hydrogen-bond donors (Lipinski definition) is 1. The summed E-state index contributed by atoms with van der Waals surface area (Å²) < 4.78 is 26.5. The van der Waals surface area contributed by atoms with Crippen LogP contribution in [-0.4, -0.2) is 61.4 Å². The quantitative estimate of drug-likeness (QED) is 0.699. The van der Waals surface area contributed by atoms with Crippen LogP contribution in [0.2, 0.25) is 0 Å². The predicted octanol–water partition coefficient (Wildman–Crippen LogP) is 3.06. The Kier molecular flexibility index (Phi) is 8.83. The van der Waals surface area contributed by atoms with Gasteiger partial charge in [-0.3, -0.25) is 9.59 Å². The molecule has 1 N–H and O–H groups in total. The van der Waals surface area contributed by atoms with Crippen LogP contribution in [0.15, 0.2) is 18.2 Å². The standard InChI is InChI=1S/C21H31F2N3O2/c1-3-4-11-25(2)15-16-8-12-26(13-9-16)20(27)7-10-24-21(28)18-6-5-17(22)14-19(18)23/h5-6,14,16H,3-4,7-13,15H2,1-2H3,(H,24,28). The maximum atomic E-state index is 13.6. The highest BCUT2D eigenvalue weighted by molar-refractivity contribution is 5.94. The van der Waals surface area contributed by atoms with Gasteiger partial charge in [-0.25, -0.2) is 8.78 Å². The molecule has 28 heavy (non-hydrogen) atoms. The molecule has 1 aliphatic heterocycles. The van der Waals surface area contributed by atoms with E-state index in [0.717, 1.165) is 51.2 Å². The normalized spacial score (nSPS) is 15.1. The zero-order valence-corrected chi connectivity index (χ0v) is 16.8. The number of piperidine rings is 1. The average Bonchev–Trinajstić information content (AvgIpc) is 2.66. The monoisotopic (exact) mass is 395 g/mol. The zero-order chi connectivity index (χ0) is 20.5. The van der Waals surface area contributed by atoms with Crippen molar-refractivity contribution in [3.05, 3.63) is 35.4 Å². The van der Waals surface area contributed by atoms with Crippen molar-refractivity contribution in [2.45, 2.75) is 39.0 Å². The molecule has 1 aliphatic rings. The van der Waals surface area contributed by atoms with Gasteiger partial charge in [0.2, 0.25) is 5.91 Å². The van der Waals surface area contributed by atoms with Gasteiger partial charge in [-0.15, -0.1) is 0 Å². The van der Waals surface area contributed by atoms with Crippen LogP contribution in [0, 0.1) is 17.6 Å². The van der Waals surface area contributed by atoms with E-state index in [0.29, 0.717) is 12.0 Å². The summed E-state index contributed by atoms with van der Waals surface area (Å²) in [5, 5.41) is 2.53. The molecule has 0 radical (unpaired) electrons. The molecular formula is C21H31F2N3O2. The van der Waals surface area contributed by atoms with Crippen LogP contribution in [-0.2, 0) is 4.79 Å². The molecule has 2 amide bonds. The molecule has 1 aromatic rings. The Hall–Kier alpha value is -2.02. The molecule has 2 rings (SSSR count). The molecule has 0 aromatic heterocycles. The maximum Gasteiger partial charge on any atom is 0.254 e. The van der Waals surface area contributed by atoms with E-state index in [-0.39, 0.29) is 24.4 Å². The van der Waals surface area contributed by atoms with Gasteiger partial charge in [-0.05, 0) is 50.9 Å². The summed E-state index contributed by atoms with van der Waals surface area (Å²) in [6.45, 7) is 5.99. The number of rotatable bonds is 9. The van der Waals surface area contributed by atoms with Gasteiger partial charge in [-0.1, -0.05) is 13.3 Å². The lowest BCUT2D eigenvalue weighted by Gasteiger charge is -2.34. The Morgan fingerprint density at radius 2 is 1.96 bits per heavy atom. The third-order valence-corrected chi connectivity index (χ3v) is 5.23. The fraction of sp³-hybridized carbons (Fsp3) is 0.619. The topological polar surface area (TPSA) is 52.6 Å². The van der Waals surface area contributed by atoms with Gasteiger partial charge in [0.15, 0.2) is 0 Å². The molecule has 5 nitrogen and oxygen atoms in total. The highest BCUT2D eigenvalue weighted by atomic mass is 19.1. The number of unbranched alkanes of at least 4 members (excludes halogenated alkanes) is 1. The van der Waals surface area contributed by atoms with E-state index in [4.69, 9.17) is 0 Å². The fourth-order valence-electron chi connectivity index (χ4n) is 3.53. The molecule has 0 spiro atoms. The van der Waals surface area contributed by atoms with E-state index in [1.165, 1.54) is 12.8 Å². The van der Waals surface area contributed by atoms with Crippen LogP contribution in [0.25, 0.3) is 0 Å². The van der Waals surface area contributed by atoms with Crippen molar-refractivity contribution in [3.8, 4) is 0 Å². The van der Waals surface area contributed by atoms with Gasteiger partial charge in [0.1, 0.15) is 11.6 Å². The maximum absolute atomic E-state index is 13.6. The average molecular weight is 395 g/mol. The van der Waals surface area contributed by atoms with E-state index in [2.05, 4.69) is 24.2 Å². The molecule has 7 heteroatoms. The summed E-state index contributed by atoms with van der Waals surface area (Å²) in [5.74, 6) is -1.66. The minimum absolute atomic E-state index is 0.00216. The van der Waals surface area contributed by atoms with Crippen LogP contribution in [0.5, 0.6) is 0 Å². The van der Waals surface area contributed by atoms with E-state index in [9.17, 15) is 18.4 Å². The van der Waals surface area contributed by atoms with Crippen LogP contribution in [0.3, 0.4) is 0 Å². The van der Waals surface area contributed by atoms with Crippen molar-refractivity contribution >= 4 is 11.8 Å². The summed E-state index contributed by atoms with van der Waals surface area (Å²) in [6, 6.07) is 2.81. The molecule has 156 valence electrons. The van der Waals surface area contributed by atoms with Gasteiger partial charge in [0.05, 0.1) is 5.56 Å². The number of likely N-dealkylation sites (tertiary alicyclic amines) is 1. The van der Waals surface area contributed by atoms with Crippen molar-refractivity contribution in [3.63, 3.8) is 0 Å². The lowest BCUT2D eigenvalue weighted by molar-refractivity contribution is -0.132. The number of nitrogens with one attached hydrogen (secondary N) is 1. The summed E-state index contributed by atoms with van der Waals surface area (Å²) in [6.07, 6.45) is 4.57. The number of carbonyl (C=O) groups is 2. The molecule has 0 unspecified atom stereocenters. The van der Waals surface area contributed by atoms with E-state index < -0.39 is 17.5 Å². The second-order valence-electron chi connectivity index (χ2n) is 7.57. The van der Waals surface area contributed by atoms with Crippen LogP contribution in [0.1, 0.15) is 49.4 Å². The van der Waals surface area contributed by atoms with Gasteiger partial charge < -0.3 is 15.1 Å². The lowest BCUT2D eigenvalue weighted by Crippen LogP contribution is -2.42. The summed E-state index contributed by atoms with van der Waals surface area (Å²) in [4.78, 5) is 28.5. The third-order valence-electron chi connectivity index (χ3n) is 5.23. The van der Waals surface area contributed by atoms with Crippen LogP contribution >= 0.6 is 0 Å². The first-order valence-corrected chi connectivity index (χ1v) is 10.1. The summed E-state index contributed by atoms with van der Waals surface area (Å²) >= 11 is 0. The largest absolute Gasteiger partial charge is 0.351 e.